The monoisotopic (exact) mass is 253 g/mol. The maximum atomic E-state index is 11.6. The number of rotatable bonds is 7. The molecule has 18 heavy (non-hydrogen) atoms. The van der Waals surface area contributed by atoms with Crippen LogP contribution in [0.1, 0.15) is 5.56 Å². The fraction of sp³-hybridized carbons (Fsp3) is 0.462. The highest BCUT2D eigenvalue weighted by atomic mass is 16.5. The molecule has 0 spiro atoms. The minimum atomic E-state index is -0.677. The van der Waals surface area contributed by atoms with E-state index in [2.05, 4.69) is 5.32 Å². The smallest absolute Gasteiger partial charge is 0.224 e. The largest absolute Gasteiger partial charge is 0.497 e. The number of aliphatic hydroxyl groups is 1. The Hall–Kier alpha value is -1.59. The van der Waals surface area contributed by atoms with Crippen LogP contribution in [0.2, 0.25) is 0 Å². The standard InChI is InChI=1S/C13H19NO4/c1-17-9-11(15)8-14-13(16)7-10-4-3-5-12(6-10)18-2/h3-6,11,15H,7-9H2,1-2H3,(H,14,16). The third-order valence-electron chi connectivity index (χ3n) is 2.39. The summed E-state index contributed by atoms with van der Waals surface area (Å²) in [6.45, 7) is 0.399. The van der Waals surface area contributed by atoms with Gasteiger partial charge < -0.3 is 19.9 Å². The fourth-order valence-electron chi connectivity index (χ4n) is 1.51. The normalized spacial score (nSPS) is 11.9. The topological polar surface area (TPSA) is 67.8 Å². The maximum absolute atomic E-state index is 11.6. The van der Waals surface area contributed by atoms with Crippen LogP contribution in [0.4, 0.5) is 0 Å². The molecular formula is C13H19NO4. The van der Waals surface area contributed by atoms with Crippen molar-refractivity contribution in [3.8, 4) is 5.75 Å². The molecule has 1 aromatic rings. The van der Waals surface area contributed by atoms with E-state index in [1.807, 2.05) is 24.3 Å². The van der Waals surface area contributed by atoms with Crippen LogP contribution in [-0.2, 0) is 16.0 Å². The second-order valence-electron chi connectivity index (χ2n) is 3.94. The predicted molar refractivity (Wildman–Crippen MR) is 67.6 cm³/mol. The summed E-state index contributed by atoms with van der Waals surface area (Å²) in [5.41, 5.74) is 0.869. The zero-order valence-corrected chi connectivity index (χ0v) is 10.7. The van der Waals surface area contributed by atoms with Crippen molar-refractivity contribution in [3.63, 3.8) is 0 Å². The summed E-state index contributed by atoms with van der Waals surface area (Å²) in [7, 11) is 3.08. The summed E-state index contributed by atoms with van der Waals surface area (Å²) >= 11 is 0. The molecule has 1 aromatic carbocycles. The van der Waals surface area contributed by atoms with Gasteiger partial charge in [0.1, 0.15) is 5.75 Å². The number of carbonyl (C=O) groups excluding carboxylic acids is 1. The van der Waals surface area contributed by atoms with Gasteiger partial charge in [-0.25, -0.2) is 0 Å². The summed E-state index contributed by atoms with van der Waals surface area (Å²) in [5, 5.41) is 12.0. The first kappa shape index (κ1) is 14.5. The van der Waals surface area contributed by atoms with Gasteiger partial charge >= 0.3 is 0 Å². The molecule has 100 valence electrons. The van der Waals surface area contributed by atoms with E-state index >= 15 is 0 Å². The van der Waals surface area contributed by atoms with Gasteiger partial charge in [-0.05, 0) is 17.7 Å². The molecule has 0 aliphatic carbocycles. The van der Waals surface area contributed by atoms with Gasteiger partial charge in [-0.1, -0.05) is 12.1 Å². The van der Waals surface area contributed by atoms with Crippen LogP contribution >= 0.6 is 0 Å². The quantitative estimate of drug-likeness (QED) is 0.736. The maximum Gasteiger partial charge on any atom is 0.224 e. The van der Waals surface area contributed by atoms with Gasteiger partial charge in [0.2, 0.25) is 5.91 Å². The molecule has 1 atom stereocenters. The SMILES string of the molecule is COCC(O)CNC(=O)Cc1cccc(OC)c1. The van der Waals surface area contributed by atoms with Crippen LogP contribution in [0.15, 0.2) is 24.3 Å². The van der Waals surface area contributed by atoms with Crippen molar-refractivity contribution in [2.24, 2.45) is 0 Å². The lowest BCUT2D eigenvalue weighted by Gasteiger charge is -2.11. The molecule has 2 N–H and O–H groups in total. The Bertz CT molecular complexity index is 381. The summed E-state index contributed by atoms with van der Waals surface area (Å²) < 4.78 is 9.84. The molecular weight excluding hydrogens is 234 g/mol. The molecule has 0 aromatic heterocycles. The van der Waals surface area contributed by atoms with Crippen molar-refractivity contribution >= 4 is 5.91 Å². The number of ether oxygens (including phenoxy) is 2. The number of hydrogen-bond acceptors (Lipinski definition) is 4. The van der Waals surface area contributed by atoms with Crippen molar-refractivity contribution in [2.75, 3.05) is 27.4 Å². The Morgan fingerprint density at radius 1 is 1.44 bits per heavy atom. The average Bonchev–Trinajstić information content (AvgIpc) is 2.37. The first-order valence-corrected chi connectivity index (χ1v) is 5.72. The van der Waals surface area contributed by atoms with E-state index in [9.17, 15) is 9.90 Å². The second kappa shape index (κ2) is 7.68. The number of aliphatic hydroxyl groups excluding tert-OH is 1. The van der Waals surface area contributed by atoms with Crippen molar-refractivity contribution < 1.29 is 19.4 Å². The number of benzene rings is 1. The van der Waals surface area contributed by atoms with Crippen molar-refractivity contribution in [2.45, 2.75) is 12.5 Å². The lowest BCUT2D eigenvalue weighted by atomic mass is 10.1. The third kappa shape index (κ3) is 5.16. The molecule has 0 heterocycles. The van der Waals surface area contributed by atoms with Gasteiger partial charge in [0.15, 0.2) is 0 Å². The molecule has 1 unspecified atom stereocenters. The summed E-state index contributed by atoms with van der Waals surface area (Å²) in [6, 6.07) is 7.32. The van der Waals surface area contributed by atoms with Crippen molar-refractivity contribution in [3.05, 3.63) is 29.8 Å². The minimum Gasteiger partial charge on any atom is -0.497 e. The number of carbonyl (C=O) groups is 1. The van der Waals surface area contributed by atoms with Crippen LogP contribution < -0.4 is 10.1 Å². The first-order chi connectivity index (χ1) is 8.65. The van der Waals surface area contributed by atoms with E-state index in [1.165, 1.54) is 7.11 Å². The van der Waals surface area contributed by atoms with E-state index in [1.54, 1.807) is 7.11 Å². The lowest BCUT2D eigenvalue weighted by molar-refractivity contribution is -0.121. The molecule has 1 rings (SSSR count). The molecule has 1 amide bonds. The van der Waals surface area contributed by atoms with Gasteiger partial charge in [-0.2, -0.15) is 0 Å². The molecule has 0 radical (unpaired) electrons. The molecule has 5 nitrogen and oxygen atoms in total. The summed E-state index contributed by atoms with van der Waals surface area (Å²) in [4.78, 5) is 11.6. The van der Waals surface area contributed by atoms with Crippen LogP contribution in [0.3, 0.4) is 0 Å². The van der Waals surface area contributed by atoms with Gasteiger partial charge in [0.05, 0.1) is 26.2 Å². The van der Waals surface area contributed by atoms with Crippen LogP contribution in [-0.4, -0.2) is 44.5 Å². The number of amides is 1. The highest BCUT2D eigenvalue weighted by molar-refractivity contribution is 5.78. The molecule has 0 saturated carbocycles. The molecule has 5 heteroatoms. The number of nitrogens with one attached hydrogen (secondary N) is 1. The molecule has 0 aliphatic rings. The van der Waals surface area contributed by atoms with E-state index in [4.69, 9.17) is 9.47 Å². The first-order valence-electron chi connectivity index (χ1n) is 5.72. The van der Waals surface area contributed by atoms with Gasteiger partial charge in [0.25, 0.3) is 0 Å². The molecule has 0 fully saturated rings. The van der Waals surface area contributed by atoms with Gasteiger partial charge in [-0.15, -0.1) is 0 Å². The molecule has 0 aliphatic heterocycles. The van der Waals surface area contributed by atoms with E-state index in [0.29, 0.717) is 0 Å². The Morgan fingerprint density at radius 3 is 2.89 bits per heavy atom. The fourth-order valence-corrected chi connectivity index (χ4v) is 1.51. The third-order valence-corrected chi connectivity index (χ3v) is 2.39. The van der Waals surface area contributed by atoms with Crippen molar-refractivity contribution in [1.29, 1.82) is 0 Å². The minimum absolute atomic E-state index is 0.140. The number of methoxy groups -OCH3 is 2. The van der Waals surface area contributed by atoms with E-state index < -0.39 is 6.10 Å². The zero-order valence-electron chi connectivity index (χ0n) is 10.7. The zero-order chi connectivity index (χ0) is 13.4. The summed E-state index contributed by atoms with van der Waals surface area (Å²) in [5.74, 6) is 0.582. The Kier molecular flexibility index (Phi) is 6.18. The van der Waals surface area contributed by atoms with Crippen LogP contribution in [0, 0.1) is 0 Å². The molecule has 0 bridgehead atoms. The summed E-state index contributed by atoms with van der Waals surface area (Å²) in [6.07, 6.45) is -0.416. The van der Waals surface area contributed by atoms with E-state index in [-0.39, 0.29) is 25.5 Å². The second-order valence-corrected chi connectivity index (χ2v) is 3.94. The average molecular weight is 253 g/mol. The molecule has 0 saturated heterocycles. The highest BCUT2D eigenvalue weighted by Gasteiger charge is 2.07. The predicted octanol–water partition coefficient (Wildman–Crippen LogP) is 0.361. The Balaban J connectivity index is 2.39. The Labute approximate surface area is 107 Å². The Morgan fingerprint density at radius 2 is 2.22 bits per heavy atom. The van der Waals surface area contributed by atoms with Crippen molar-refractivity contribution in [1.82, 2.24) is 5.32 Å². The van der Waals surface area contributed by atoms with E-state index in [0.717, 1.165) is 11.3 Å². The lowest BCUT2D eigenvalue weighted by Crippen LogP contribution is -2.35. The van der Waals surface area contributed by atoms with Gasteiger partial charge in [-0.3, -0.25) is 4.79 Å². The van der Waals surface area contributed by atoms with Gasteiger partial charge in [0, 0.05) is 13.7 Å². The number of hydrogen-bond donors (Lipinski definition) is 2. The highest BCUT2D eigenvalue weighted by Crippen LogP contribution is 2.12. The van der Waals surface area contributed by atoms with Crippen LogP contribution in [0.25, 0.3) is 0 Å². The van der Waals surface area contributed by atoms with Crippen LogP contribution in [0.5, 0.6) is 5.75 Å².